The standard InChI is InChI=1S/C20H21NO2/c1-2-3-4-7-12-21-19-9-6-5-8-16(19)17-11-10-15(13-22)18(14-23)20(17)21/h5-6,8-11,13-14H,2-4,7,12H2,1H3. The van der Waals surface area contributed by atoms with E-state index in [2.05, 4.69) is 23.6 Å². The summed E-state index contributed by atoms with van der Waals surface area (Å²) in [5, 5.41) is 2.18. The summed E-state index contributed by atoms with van der Waals surface area (Å²) in [4.78, 5) is 22.9. The summed E-state index contributed by atoms with van der Waals surface area (Å²) < 4.78 is 2.21. The number of para-hydroxylation sites is 1. The first-order valence-electron chi connectivity index (χ1n) is 8.26. The monoisotopic (exact) mass is 307 g/mol. The van der Waals surface area contributed by atoms with Gasteiger partial charge in [0.25, 0.3) is 0 Å². The van der Waals surface area contributed by atoms with Crippen LogP contribution in [0.1, 0.15) is 53.3 Å². The topological polar surface area (TPSA) is 39.1 Å². The number of hydrogen-bond acceptors (Lipinski definition) is 2. The molecule has 3 rings (SSSR count). The lowest BCUT2D eigenvalue weighted by molar-refractivity contribution is 0.109. The molecule has 0 aliphatic rings. The van der Waals surface area contributed by atoms with Gasteiger partial charge in [-0.05, 0) is 12.5 Å². The van der Waals surface area contributed by atoms with Crippen LogP contribution < -0.4 is 0 Å². The molecule has 118 valence electrons. The van der Waals surface area contributed by atoms with Crippen LogP contribution in [0, 0.1) is 0 Å². The fourth-order valence-electron chi connectivity index (χ4n) is 3.34. The second kappa shape index (κ2) is 6.78. The number of aldehydes is 2. The molecule has 23 heavy (non-hydrogen) atoms. The molecule has 0 radical (unpaired) electrons. The van der Waals surface area contributed by atoms with E-state index in [-0.39, 0.29) is 0 Å². The molecular formula is C20H21NO2. The van der Waals surface area contributed by atoms with Crippen LogP contribution in [-0.4, -0.2) is 17.1 Å². The summed E-state index contributed by atoms with van der Waals surface area (Å²) in [6.07, 6.45) is 6.24. The van der Waals surface area contributed by atoms with Gasteiger partial charge in [-0.15, -0.1) is 0 Å². The van der Waals surface area contributed by atoms with Crippen molar-refractivity contribution in [3.05, 3.63) is 47.5 Å². The van der Waals surface area contributed by atoms with Crippen molar-refractivity contribution >= 4 is 34.4 Å². The predicted octanol–water partition coefficient (Wildman–Crippen LogP) is 5.00. The first-order valence-corrected chi connectivity index (χ1v) is 8.26. The largest absolute Gasteiger partial charge is 0.340 e. The van der Waals surface area contributed by atoms with Crippen LogP contribution in [0.3, 0.4) is 0 Å². The van der Waals surface area contributed by atoms with Gasteiger partial charge in [-0.3, -0.25) is 9.59 Å². The molecular weight excluding hydrogens is 286 g/mol. The highest BCUT2D eigenvalue weighted by Gasteiger charge is 2.15. The van der Waals surface area contributed by atoms with E-state index in [1.807, 2.05) is 18.2 Å². The van der Waals surface area contributed by atoms with Gasteiger partial charge in [0.1, 0.15) is 0 Å². The molecule has 0 N–H and O–H groups in total. The molecule has 3 heteroatoms. The van der Waals surface area contributed by atoms with Gasteiger partial charge in [-0.25, -0.2) is 0 Å². The average Bonchev–Trinajstić information content (AvgIpc) is 2.92. The zero-order valence-electron chi connectivity index (χ0n) is 13.4. The van der Waals surface area contributed by atoms with E-state index < -0.39 is 0 Å². The Morgan fingerprint density at radius 2 is 1.74 bits per heavy atom. The summed E-state index contributed by atoms with van der Waals surface area (Å²) >= 11 is 0. The number of rotatable bonds is 7. The molecule has 0 unspecified atom stereocenters. The van der Waals surface area contributed by atoms with Gasteiger partial charge in [0.2, 0.25) is 0 Å². The SMILES string of the molecule is CCCCCCn1c2ccccc2c2ccc(C=O)c(C=O)c21. The molecule has 0 aliphatic heterocycles. The maximum atomic E-state index is 11.6. The minimum Gasteiger partial charge on any atom is -0.340 e. The van der Waals surface area contributed by atoms with Gasteiger partial charge in [-0.1, -0.05) is 56.5 Å². The van der Waals surface area contributed by atoms with Crippen molar-refractivity contribution in [1.29, 1.82) is 0 Å². The first-order chi connectivity index (χ1) is 11.3. The minimum absolute atomic E-state index is 0.463. The van der Waals surface area contributed by atoms with E-state index in [9.17, 15) is 9.59 Å². The molecule has 0 fully saturated rings. The van der Waals surface area contributed by atoms with Crippen LogP contribution >= 0.6 is 0 Å². The molecule has 0 bridgehead atoms. The Morgan fingerprint density at radius 3 is 2.48 bits per heavy atom. The van der Waals surface area contributed by atoms with Crippen LogP contribution in [0.2, 0.25) is 0 Å². The van der Waals surface area contributed by atoms with Crippen molar-refractivity contribution in [2.45, 2.75) is 39.2 Å². The van der Waals surface area contributed by atoms with Crippen LogP contribution in [-0.2, 0) is 6.54 Å². The summed E-state index contributed by atoms with van der Waals surface area (Å²) in [6, 6.07) is 11.9. The van der Waals surface area contributed by atoms with E-state index in [0.717, 1.165) is 47.3 Å². The van der Waals surface area contributed by atoms with Gasteiger partial charge < -0.3 is 4.57 Å². The third-order valence-electron chi connectivity index (χ3n) is 4.49. The first kappa shape index (κ1) is 15.5. The lowest BCUT2D eigenvalue weighted by Crippen LogP contribution is -2.02. The van der Waals surface area contributed by atoms with Crippen molar-refractivity contribution in [2.24, 2.45) is 0 Å². The highest BCUT2D eigenvalue weighted by Crippen LogP contribution is 2.32. The molecule has 0 spiro atoms. The quantitative estimate of drug-likeness (QED) is 0.455. The number of hydrogen-bond donors (Lipinski definition) is 0. The number of unbranched alkanes of at least 4 members (excludes halogenated alkanes) is 3. The Morgan fingerprint density at radius 1 is 0.913 bits per heavy atom. The van der Waals surface area contributed by atoms with E-state index in [4.69, 9.17) is 0 Å². The summed E-state index contributed by atoms with van der Waals surface area (Å²) in [5.74, 6) is 0. The molecule has 0 aliphatic carbocycles. The smallest absolute Gasteiger partial charge is 0.152 e. The normalized spacial score (nSPS) is 11.2. The molecule has 2 aromatic carbocycles. The maximum Gasteiger partial charge on any atom is 0.152 e. The second-order valence-corrected chi connectivity index (χ2v) is 5.93. The van der Waals surface area contributed by atoms with E-state index in [1.165, 1.54) is 19.3 Å². The van der Waals surface area contributed by atoms with Crippen LogP contribution in [0.4, 0.5) is 0 Å². The fraction of sp³-hybridized carbons (Fsp3) is 0.300. The molecule has 0 saturated heterocycles. The van der Waals surface area contributed by atoms with Crippen LogP contribution in [0.25, 0.3) is 21.8 Å². The zero-order valence-corrected chi connectivity index (χ0v) is 13.4. The number of fused-ring (bicyclic) bond motifs is 3. The Balaban J connectivity index is 2.23. The highest BCUT2D eigenvalue weighted by atomic mass is 16.1. The Hall–Kier alpha value is -2.42. The highest BCUT2D eigenvalue weighted by molar-refractivity contribution is 6.14. The second-order valence-electron chi connectivity index (χ2n) is 5.93. The number of nitrogens with zero attached hydrogens (tertiary/aromatic N) is 1. The number of carbonyl (C=O) groups is 2. The number of aromatic nitrogens is 1. The Kier molecular flexibility index (Phi) is 4.56. The Labute approximate surface area is 135 Å². The van der Waals surface area contributed by atoms with Crippen molar-refractivity contribution < 1.29 is 9.59 Å². The summed E-state index contributed by atoms with van der Waals surface area (Å²) in [5.41, 5.74) is 2.99. The van der Waals surface area contributed by atoms with Crippen molar-refractivity contribution in [3.63, 3.8) is 0 Å². The molecule has 3 aromatic rings. The van der Waals surface area contributed by atoms with Gasteiger partial charge in [0, 0.05) is 34.0 Å². The molecule has 0 atom stereocenters. The van der Waals surface area contributed by atoms with Crippen LogP contribution in [0.5, 0.6) is 0 Å². The van der Waals surface area contributed by atoms with E-state index >= 15 is 0 Å². The minimum atomic E-state index is 0.463. The van der Waals surface area contributed by atoms with Gasteiger partial charge in [0.05, 0.1) is 5.52 Å². The van der Waals surface area contributed by atoms with Crippen molar-refractivity contribution in [2.75, 3.05) is 0 Å². The molecule has 1 heterocycles. The summed E-state index contributed by atoms with van der Waals surface area (Å²) in [7, 11) is 0. The van der Waals surface area contributed by atoms with Crippen molar-refractivity contribution in [1.82, 2.24) is 4.57 Å². The predicted molar refractivity (Wildman–Crippen MR) is 94.4 cm³/mol. The maximum absolute atomic E-state index is 11.6. The molecule has 3 nitrogen and oxygen atoms in total. The van der Waals surface area contributed by atoms with E-state index in [0.29, 0.717) is 11.1 Å². The molecule has 0 amide bonds. The Bertz CT molecular complexity index is 861. The summed E-state index contributed by atoms with van der Waals surface area (Å²) in [6.45, 7) is 3.06. The lowest BCUT2D eigenvalue weighted by Gasteiger charge is -2.09. The third-order valence-corrected chi connectivity index (χ3v) is 4.49. The number of benzene rings is 2. The number of aryl methyl sites for hydroxylation is 1. The van der Waals surface area contributed by atoms with Gasteiger partial charge >= 0.3 is 0 Å². The van der Waals surface area contributed by atoms with Gasteiger partial charge in [0.15, 0.2) is 12.6 Å². The molecule has 1 aromatic heterocycles. The average molecular weight is 307 g/mol. The number of carbonyl (C=O) groups excluding carboxylic acids is 2. The van der Waals surface area contributed by atoms with Crippen molar-refractivity contribution in [3.8, 4) is 0 Å². The third kappa shape index (κ3) is 2.67. The molecule has 0 saturated carbocycles. The van der Waals surface area contributed by atoms with Gasteiger partial charge in [-0.2, -0.15) is 0 Å². The fourth-order valence-corrected chi connectivity index (χ4v) is 3.34. The van der Waals surface area contributed by atoms with Crippen LogP contribution in [0.15, 0.2) is 36.4 Å². The zero-order chi connectivity index (χ0) is 16.2. The lowest BCUT2D eigenvalue weighted by atomic mass is 10.0. The van der Waals surface area contributed by atoms with E-state index in [1.54, 1.807) is 6.07 Å².